The number of imide groups is 1. The summed E-state index contributed by atoms with van der Waals surface area (Å²) in [5.41, 5.74) is 1.03. The summed E-state index contributed by atoms with van der Waals surface area (Å²) in [4.78, 5) is 29.0. The number of ether oxygens (including phenoxy) is 1. The van der Waals surface area contributed by atoms with Crippen molar-refractivity contribution in [3.05, 3.63) is 36.8 Å². The number of hydrogen-bond acceptors (Lipinski definition) is 4. The Hall–Kier alpha value is -1.17. The van der Waals surface area contributed by atoms with Crippen LogP contribution in [0.2, 0.25) is 0 Å². The van der Waals surface area contributed by atoms with Crippen LogP contribution in [-0.2, 0) is 14.4 Å². The van der Waals surface area contributed by atoms with Gasteiger partial charge >= 0.3 is 29.6 Å². The summed E-state index contributed by atoms with van der Waals surface area (Å²) >= 11 is 0. The van der Waals surface area contributed by atoms with Crippen molar-refractivity contribution in [2.24, 2.45) is 0 Å². The normalized spacial score (nSPS) is 7.89. The number of aryl methyl sites for hydroxylation is 1. The molecule has 92 valence electrons. The van der Waals surface area contributed by atoms with Crippen LogP contribution in [0.25, 0.3) is 0 Å². The molecule has 0 bridgehead atoms. The van der Waals surface area contributed by atoms with E-state index in [0.717, 1.165) is 5.56 Å². The molecule has 0 aliphatic heterocycles. The van der Waals surface area contributed by atoms with Crippen molar-refractivity contribution in [2.75, 3.05) is 0 Å². The van der Waals surface area contributed by atoms with Crippen molar-refractivity contribution in [3.8, 4) is 5.75 Å². The van der Waals surface area contributed by atoms with Gasteiger partial charge in [0.2, 0.25) is 0 Å². The SMILES string of the molecule is Cc1cc[c-]c(O[C-]=O)c1.[CH2-]CC(=O)N[C-]=O.[Na+]. The monoisotopic (exact) mass is 256 g/mol. The largest absolute Gasteiger partial charge is 1.00 e. The Bertz CT molecular complexity index is 382. The fourth-order valence-corrected chi connectivity index (χ4v) is 0.775. The van der Waals surface area contributed by atoms with Gasteiger partial charge < -0.3 is 31.4 Å². The van der Waals surface area contributed by atoms with E-state index in [4.69, 9.17) is 0 Å². The van der Waals surface area contributed by atoms with Gasteiger partial charge in [0.1, 0.15) is 0 Å². The van der Waals surface area contributed by atoms with E-state index in [1.54, 1.807) is 17.4 Å². The minimum absolute atomic E-state index is 0. The molecular formula is C12H11NNaO4-3. The Labute approximate surface area is 128 Å². The van der Waals surface area contributed by atoms with E-state index in [0.29, 0.717) is 5.75 Å². The van der Waals surface area contributed by atoms with Crippen LogP contribution in [0.4, 0.5) is 0 Å². The van der Waals surface area contributed by atoms with Crippen molar-refractivity contribution in [2.45, 2.75) is 13.3 Å². The maximum Gasteiger partial charge on any atom is 1.00 e. The second kappa shape index (κ2) is 12.3. The van der Waals surface area contributed by atoms with Gasteiger partial charge in [0.25, 0.3) is 0 Å². The zero-order valence-corrected chi connectivity index (χ0v) is 12.3. The topological polar surface area (TPSA) is 72.5 Å². The van der Waals surface area contributed by atoms with E-state index in [1.807, 2.05) is 13.0 Å². The van der Waals surface area contributed by atoms with E-state index in [9.17, 15) is 14.4 Å². The molecule has 0 unspecified atom stereocenters. The molecule has 0 heterocycles. The molecule has 1 rings (SSSR count). The Morgan fingerprint density at radius 2 is 2.22 bits per heavy atom. The molecule has 0 saturated carbocycles. The van der Waals surface area contributed by atoms with E-state index in [-0.39, 0.29) is 36.0 Å². The molecule has 1 N–H and O–H groups in total. The third kappa shape index (κ3) is 10.0. The van der Waals surface area contributed by atoms with E-state index in [2.05, 4.69) is 17.7 Å². The Kier molecular flexibility index (Phi) is 13.1. The molecule has 0 fully saturated rings. The minimum atomic E-state index is -0.407. The fraction of sp³-hybridized carbons (Fsp3) is 0.167. The van der Waals surface area contributed by atoms with E-state index >= 15 is 0 Å². The maximum atomic E-state index is 9.98. The smallest absolute Gasteiger partial charge is 0.634 e. The molecule has 0 saturated heterocycles. The molecule has 0 aliphatic carbocycles. The molecule has 2 amide bonds. The Balaban J connectivity index is 0. The molecular weight excluding hydrogens is 245 g/mol. The molecule has 0 aromatic heterocycles. The van der Waals surface area contributed by atoms with Crippen molar-refractivity contribution < 1.29 is 48.7 Å². The van der Waals surface area contributed by atoms with Gasteiger partial charge in [-0.15, -0.1) is 5.75 Å². The molecule has 0 spiro atoms. The second-order valence-electron chi connectivity index (χ2n) is 2.82. The van der Waals surface area contributed by atoms with Crippen LogP contribution in [0.15, 0.2) is 18.2 Å². The number of benzene rings is 1. The average molecular weight is 256 g/mol. The third-order valence-electron chi connectivity index (χ3n) is 1.50. The first-order chi connectivity index (χ1) is 8.13. The summed E-state index contributed by atoms with van der Waals surface area (Å²) in [6, 6.07) is 8.01. The van der Waals surface area contributed by atoms with E-state index < -0.39 is 5.91 Å². The van der Waals surface area contributed by atoms with Crippen molar-refractivity contribution in [3.63, 3.8) is 0 Å². The van der Waals surface area contributed by atoms with Gasteiger partial charge in [-0.05, 0) is 0 Å². The minimum Gasteiger partial charge on any atom is -0.634 e. The standard InChI is InChI=1S/C8H6O2.C4H5NO2.Na/c1-7-3-2-4-8(5-7)10-6-9;1-2-4(7)5-3-6;/h2-3,5H,1H3;1-2H2,(H,5,6,7);/q2*-2;+1. The number of rotatable bonds is 4. The molecule has 6 heteroatoms. The first-order valence-corrected chi connectivity index (χ1v) is 4.61. The van der Waals surface area contributed by atoms with Crippen molar-refractivity contribution in [1.82, 2.24) is 5.32 Å². The fourth-order valence-electron chi connectivity index (χ4n) is 0.775. The molecule has 1 aromatic rings. The number of nitrogens with one attached hydrogen (secondary N) is 1. The molecule has 0 atom stereocenters. The predicted molar refractivity (Wildman–Crippen MR) is 60.1 cm³/mol. The number of carbonyl (C=O) groups excluding carboxylic acids is 3. The van der Waals surface area contributed by atoms with Crippen LogP contribution < -0.4 is 39.6 Å². The van der Waals surface area contributed by atoms with Crippen molar-refractivity contribution in [1.29, 1.82) is 0 Å². The average Bonchev–Trinajstić information content (AvgIpc) is 2.30. The summed E-state index contributed by atoms with van der Waals surface area (Å²) in [5, 5.41) is 1.79. The predicted octanol–water partition coefficient (Wildman–Crippen LogP) is -2.36. The summed E-state index contributed by atoms with van der Waals surface area (Å²) < 4.78 is 4.43. The van der Waals surface area contributed by atoms with Gasteiger partial charge in [-0.2, -0.15) is 24.1 Å². The first-order valence-electron chi connectivity index (χ1n) is 4.61. The van der Waals surface area contributed by atoms with Crippen molar-refractivity contribution >= 4 is 18.8 Å². The van der Waals surface area contributed by atoms with Gasteiger partial charge in [-0.3, -0.25) is 0 Å². The summed E-state index contributed by atoms with van der Waals surface area (Å²) in [7, 11) is 0. The number of amides is 2. The van der Waals surface area contributed by atoms with Gasteiger partial charge in [0.15, 0.2) is 6.47 Å². The zero-order valence-electron chi connectivity index (χ0n) is 10.3. The van der Waals surface area contributed by atoms with Gasteiger partial charge in [-0.25, -0.2) is 12.1 Å². The van der Waals surface area contributed by atoms with Gasteiger partial charge in [-0.1, -0.05) is 6.92 Å². The Morgan fingerprint density at radius 3 is 2.61 bits per heavy atom. The van der Waals surface area contributed by atoms with Crippen LogP contribution in [0.5, 0.6) is 5.75 Å². The summed E-state index contributed by atoms with van der Waals surface area (Å²) in [5.74, 6) is 0.00463. The molecule has 0 aliphatic rings. The van der Waals surface area contributed by atoms with Crippen LogP contribution in [-0.4, -0.2) is 18.8 Å². The third-order valence-corrected chi connectivity index (χ3v) is 1.50. The maximum absolute atomic E-state index is 9.98. The molecule has 18 heavy (non-hydrogen) atoms. The van der Waals surface area contributed by atoms with Crippen LogP contribution >= 0.6 is 0 Å². The number of hydrogen-bond donors (Lipinski definition) is 1. The molecule has 1 aromatic carbocycles. The number of carbonyl (C=O) groups is 1. The Morgan fingerprint density at radius 1 is 1.56 bits per heavy atom. The first kappa shape index (κ1) is 19.2. The van der Waals surface area contributed by atoms with E-state index in [1.165, 1.54) is 12.9 Å². The molecule has 5 nitrogen and oxygen atoms in total. The summed E-state index contributed by atoms with van der Waals surface area (Å²) in [6.07, 6.45) is 1.31. The summed E-state index contributed by atoms with van der Waals surface area (Å²) in [6.45, 7) is 6.45. The van der Waals surface area contributed by atoms with Crippen LogP contribution in [0.3, 0.4) is 0 Å². The zero-order chi connectivity index (χ0) is 13.1. The van der Waals surface area contributed by atoms with Gasteiger partial charge in [0.05, 0.1) is 6.41 Å². The van der Waals surface area contributed by atoms with Crippen LogP contribution in [0.1, 0.15) is 12.0 Å². The second-order valence-corrected chi connectivity index (χ2v) is 2.82. The molecule has 0 radical (unpaired) electrons. The van der Waals surface area contributed by atoms with Crippen LogP contribution in [0, 0.1) is 19.9 Å². The quantitative estimate of drug-likeness (QED) is 0.371. The van der Waals surface area contributed by atoms with Gasteiger partial charge in [0, 0.05) is 5.91 Å².